The standard InChI is InChI=1S/C9H15N3O2S/c1-7(12-15(2,13)14)8-3-5-9(11-10)6-4-8/h3-7,11-12H,10H2,1-2H3. The lowest BCUT2D eigenvalue weighted by Gasteiger charge is -2.12. The van der Waals surface area contributed by atoms with Crippen molar-refractivity contribution in [2.24, 2.45) is 5.84 Å². The van der Waals surface area contributed by atoms with Crippen LogP contribution in [0, 0.1) is 0 Å². The highest BCUT2D eigenvalue weighted by Gasteiger charge is 2.10. The molecule has 1 aromatic carbocycles. The van der Waals surface area contributed by atoms with Gasteiger partial charge in [-0.05, 0) is 24.6 Å². The number of benzene rings is 1. The molecule has 6 heteroatoms. The number of nitrogens with one attached hydrogen (secondary N) is 2. The lowest BCUT2D eigenvalue weighted by molar-refractivity contribution is 0.573. The van der Waals surface area contributed by atoms with Gasteiger partial charge in [0, 0.05) is 11.7 Å². The SMILES string of the molecule is CC(NS(C)(=O)=O)c1ccc(NN)cc1. The van der Waals surface area contributed by atoms with Crippen molar-refractivity contribution in [2.45, 2.75) is 13.0 Å². The van der Waals surface area contributed by atoms with Gasteiger partial charge in [-0.25, -0.2) is 13.1 Å². The van der Waals surface area contributed by atoms with Gasteiger partial charge in [-0.1, -0.05) is 12.1 Å². The summed E-state index contributed by atoms with van der Waals surface area (Å²) >= 11 is 0. The van der Waals surface area contributed by atoms with Crippen LogP contribution >= 0.6 is 0 Å². The van der Waals surface area contributed by atoms with E-state index in [1.165, 1.54) is 0 Å². The molecule has 1 aromatic rings. The van der Waals surface area contributed by atoms with Crippen LogP contribution in [0.2, 0.25) is 0 Å². The molecule has 1 unspecified atom stereocenters. The Kier molecular flexibility index (Phi) is 3.67. The first kappa shape index (κ1) is 12.0. The summed E-state index contributed by atoms with van der Waals surface area (Å²) in [6.07, 6.45) is 1.14. The lowest BCUT2D eigenvalue weighted by Crippen LogP contribution is -2.25. The van der Waals surface area contributed by atoms with Crippen molar-refractivity contribution in [3.63, 3.8) is 0 Å². The summed E-state index contributed by atoms with van der Waals surface area (Å²) in [6, 6.07) is 6.97. The third-order valence-electron chi connectivity index (χ3n) is 1.97. The zero-order valence-corrected chi connectivity index (χ0v) is 9.51. The Labute approximate surface area is 89.7 Å². The number of nitrogen functional groups attached to an aromatic ring is 1. The highest BCUT2D eigenvalue weighted by Crippen LogP contribution is 2.15. The van der Waals surface area contributed by atoms with Crippen molar-refractivity contribution < 1.29 is 8.42 Å². The fraction of sp³-hybridized carbons (Fsp3) is 0.333. The van der Waals surface area contributed by atoms with Crippen LogP contribution in [0.3, 0.4) is 0 Å². The molecule has 0 heterocycles. The smallest absolute Gasteiger partial charge is 0.209 e. The van der Waals surface area contributed by atoms with E-state index in [1.54, 1.807) is 19.1 Å². The van der Waals surface area contributed by atoms with E-state index in [0.29, 0.717) is 0 Å². The minimum Gasteiger partial charge on any atom is -0.324 e. The first-order chi connectivity index (χ1) is 6.92. The first-order valence-corrected chi connectivity index (χ1v) is 6.35. The predicted octanol–water partition coefficient (Wildman–Crippen LogP) is 0.582. The maximum atomic E-state index is 11.0. The molecule has 0 aromatic heterocycles. The van der Waals surface area contributed by atoms with Gasteiger partial charge in [-0.2, -0.15) is 0 Å². The number of rotatable bonds is 4. The van der Waals surface area contributed by atoms with Crippen LogP contribution in [0.5, 0.6) is 0 Å². The van der Waals surface area contributed by atoms with Crippen LogP contribution in [0.25, 0.3) is 0 Å². The van der Waals surface area contributed by atoms with Gasteiger partial charge in [0.05, 0.1) is 6.26 Å². The van der Waals surface area contributed by atoms with E-state index in [4.69, 9.17) is 5.84 Å². The van der Waals surface area contributed by atoms with E-state index >= 15 is 0 Å². The number of hydrazine groups is 1. The van der Waals surface area contributed by atoms with E-state index in [2.05, 4.69) is 10.1 Å². The Morgan fingerprint density at radius 2 is 1.80 bits per heavy atom. The molecular formula is C9H15N3O2S. The van der Waals surface area contributed by atoms with Crippen molar-refractivity contribution in [1.29, 1.82) is 0 Å². The van der Waals surface area contributed by atoms with Gasteiger partial charge in [0.2, 0.25) is 10.0 Å². The van der Waals surface area contributed by atoms with Crippen LogP contribution in [-0.4, -0.2) is 14.7 Å². The normalized spacial score (nSPS) is 13.5. The summed E-state index contributed by atoms with van der Waals surface area (Å²) in [5.74, 6) is 5.22. The van der Waals surface area contributed by atoms with Crippen molar-refractivity contribution in [3.8, 4) is 0 Å². The third kappa shape index (κ3) is 3.86. The fourth-order valence-electron chi connectivity index (χ4n) is 1.26. The molecule has 0 saturated carbocycles. The Bertz CT molecular complexity index is 413. The van der Waals surface area contributed by atoms with E-state index in [-0.39, 0.29) is 6.04 Å². The van der Waals surface area contributed by atoms with Crippen molar-refractivity contribution >= 4 is 15.7 Å². The van der Waals surface area contributed by atoms with Crippen LogP contribution in [0.15, 0.2) is 24.3 Å². The van der Waals surface area contributed by atoms with Gasteiger partial charge >= 0.3 is 0 Å². The molecule has 0 spiro atoms. The van der Waals surface area contributed by atoms with Crippen molar-refractivity contribution in [3.05, 3.63) is 29.8 Å². The fourth-order valence-corrected chi connectivity index (χ4v) is 2.04. The number of anilines is 1. The molecule has 1 rings (SSSR count). The van der Waals surface area contributed by atoms with Crippen molar-refractivity contribution in [1.82, 2.24) is 4.72 Å². The Balaban J connectivity index is 2.78. The second-order valence-electron chi connectivity index (χ2n) is 3.38. The second-order valence-corrected chi connectivity index (χ2v) is 5.16. The zero-order valence-electron chi connectivity index (χ0n) is 8.69. The van der Waals surface area contributed by atoms with Gasteiger partial charge < -0.3 is 5.43 Å². The van der Waals surface area contributed by atoms with E-state index < -0.39 is 10.0 Å². The topological polar surface area (TPSA) is 84.2 Å². The van der Waals surface area contributed by atoms with Crippen LogP contribution in [0.1, 0.15) is 18.5 Å². The van der Waals surface area contributed by atoms with Crippen LogP contribution in [-0.2, 0) is 10.0 Å². The molecular weight excluding hydrogens is 214 g/mol. The Hall–Kier alpha value is -1.11. The third-order valence-corrected chi connectivity index (χ3v) is 2.75. The van der Waals surface area contributed by atoms with E-state index in [1.807, 2.05) is 12.1 Å². The molecule has 0 radical (unpaired) electrons. The highest BCUT2D eigenvalue weighted by molar-refractivity contribution is 7.88. The molecule has 0 amide bonds. The molecule has 0 bridgehead atoms. The average Bonchev–Trinajstić information content (AvgIpc) is 2.15. The quantitative estimate of drug-likeness (QED) is 0.521. The summed E-state index contributed by atoms with van der Waals surface area (Å²) in [5, 5.41) is 0. The summed E-state index contributed by atoms with van der Waals surface area (Å²) in [7, 11) is -3.18. The monoisotopic (exact) mass is 229 g/mol. The molecule has 1 atom stereocenters. The number of hydrogen-bond acceptors (Lipinski definition) is 4. The summed E-state index contributed by atoms with van der Waals surface area (Å²) < 4.78 is 24.5. The average molecular weight is 229 g/mol. The number of hydrogen-bond donors (Lipinski definition) is 3. The van der Waals surface area contributed by atoms with E-state index in [9.17, 15) is 8.42 Å². The van der Waals surface area contributed by atoms with Gasteiger partial charge in [-0.3, -0.25) is 5.84 Å². The summed E-state index contributed by atoms with van der Waals surface area (Å²) in [4.78, 5) is 0. The molecule has 84 valence electrons. The number of sulfonamides is 1. The molecule has 4 N–H and O–H groups in total. The Morgan fingerprint density at radius 3 is 2.20 bits per heavy atom. The zero-order chi connectivity index (χ0) is 11.5. The van der Waals surface area contributed by atoms with Crippen molar-refractivity contribution in [2.75, 3.05) is 11.7 Å². The van der Waals surface area contributed by atoms with Gasteiger partial charge in [0.15, 0.2) is 0 Å². The molecule has 0 aliphatic carbocycles. The molecule has 15 heavy (non-hydrogen) atoms. The predicted molar refractivity (Wildman–Crippen MR) is 60.6 cm³/mol. The maximum Gasteiger partial charge on any atom is 0.209 e. The van der Waals surface area contributed by atoms with E-state index in [0.717, 1.165) is 17.5 Å². The van der Waals surface area contributed by atoms with Gasteiger partial charge in [0.25, 0.3) is 0 Å². The molecule has 0 fully saturated rings. The van der Waals surface area contributed by atoms with Gasteiger partial charge in [-0.15, -0.1) is 0 Å². The number of nitrogens with two attached hydrogens (primary N) is 1. The highest BCUT2D eigenvalue weighted by atomic mass is 32.2. The minimum absolute atomic E-state index is 0.244. The molecule has 0 aliphatic heterocycles. The first-order valence-electron chi connectivity index (χ1n) is 4.46. The molecule has 5 nitrogen and oxygen atoms in total. The minimum atomic E-state index is -3.18. The molecule has 0 aliphatic rings. The second kappa shape index (κ2) is 4.61. The summed E-state index contributed by atoms with van der Waals surface area (Å²) in [5.41, 5.74) is 4.17. The maximum absolute atomic E-state index is 11.0. The Morgan fingerprint density at radius 1 is 1.27 bits per heavy atom. The molecule has 0 saturated heterocycles. The van der Waals surface area contributed by atoms with Crippen LogP contribution in [0.4, 0.5) is 5.69 Å². The largest absolute Gasteiger partial charge is 0.324 e. The summed E-state index contributed by atoms with van der Waals surface area (Å²) in [6.45, 7) is 1.78. The van der Waals surface area contributed by atoms with Gasteiger partial charge in [0.1, 0.15) is 0 Å². The lowest BCUT2D eigenvalue weighted by atomic mass is 10.1. The van der Waals surface area contributed by atoms with Crippen LogP contribution < -0.4 is 16.0 Å².